The lowest BCUT2D eigenvalue weighted by atomic mass is 10.3. The van der Waals surface area contributed by atoms with Gasteiger partial charge in [-0.2, -0.15) is 0 Å². The summed E-state index contributed by atoms with van der Waals surface area (Å²) in [6, 6.07) is 8.91. The van der Waals surface area contributed by atoms with Gasteiger partial charge in [-0.25, -0.2) is 4.79 Å². The molecule has 0 radical (unpaired) electrons. The average Bonchev–Trinajstić information content (AvgIpc) is 2.94. The molecular weight excluding hydrogens is 294 g/mol. The first kappa shape index (κ1) is 14.7. The first-order valence-corrected chi connectivity index (χ1v) is 6.68. The summed E-state index contributed by atoms with van der Waals surface area (Å²) in [5.74, 6) is -0.310. The number of benzene rings is 1. The molecule has 1 aromatic carbocycles. The summed E-state index contributed by atoms with van der Waals surface area (Å²) in [5.41, 5.74) is -0.0592. The van der Waals surface area contributed by atoms with Crippen molar-refractivity contribution < 1.29 is 19.2 Å². The molecule has 0 spiro atoms. The second-order valence-corrected chi connectivity index (χ2v) is 4.94. The van der Waals surface area contributed by atoms with Crippen LogP contribution in [0.1, 0.15) is 4.88 Å². The van der Waals surface area contributed by atoms with Gasteiger partial charge in [-0.3, -0.25) is 10.1 Å². The Morgan fingerprint density at radius 1 is 1.24 bits per heavy atom. The predicted molar refractivity (Wildman–Crippen MR) is 78.6 cm³/mol. The Bertz CT molecular complexity index is 675. The normalized spacial score (nSPS) is 10.5. The van der Waals surface area contributed by atoms with E-state index in [-0.39, 0.29) is 11.4 Å². The highest BCUT2D eigenvalue weighted by atomic mass is 32.1. The number of nitrogens with zero attached hydrogens (tertiary/aromatic N) is 1. The van der Waals surface area contributed by atoms with Crippen molar-refractivity contribution in [1.82, 2.24) is 0 Å². The zero-order chi connectivity index (χ0) is 15.2. The third kappa shape index (κ3) is 4.15. The minimum absolute atomic E-state index is 0.0592. The van der Waals surface area contributed by atoms with Crippen molar-refractivity contribution >= 4 is 29.1 Å². The maximum Gasteiger partial charge on any atom is 0.336 e. The van der Waals surface area contributed by atoms with Gasteiger partial charge in [0.05, 0.1) is 12.0 Å². The van der Waals surface area contributed by atoms with Crippen LogP contribution in [0, 0.1) is 10.1 Å². The van der Waals surface area contributed by atoms with Crippen LogP contribution in [0.15, 0.2) is 42.5 Å². The summed E-state index contributed by atoms with van der Waals surface area (Å²) in [6.07, 6.45) is 2.90. The van der Waals surface area contributed by atoms with E-state index in [0.29, 0.717) is 0 Å². The van der Waals surface area contributed by atoms with Gasteiger partial charge in [-0.15, -0.1) is 0 Å². The minimum Gasteiger partial charge on any atom is -0.487 e. The van der Waals surface area contributed by atoms with Crippen molar-refractivity contribution in [2.45, 2.75) is 0 Å². The number of esters is 1. The molecule has 0 saturated heterocycles. The Morgan fingerprint density at radius 3 is 2.52 bits per heavy atom. The number of nitro groups is 1. The zero-order valence-electron chi connectivity index (χ0n) is 11.0. The number of ether oxygens (including phenoxy) is 2. The van der Waals surface area contributed by atoms with Crippen LogP contribution >= 0.6 is 11.3 Å². The number of nitro benzene ring substituents is 1. The van der Waals surface area contributed by atoms with Gasteiger partial charge in [-0.05, 0) is 30.3 Å². The van der Waals surface area contributed by atoms with Crippen LogP contribution in [-0.4, -0.2) is 18.0 Å². The number of thiophene rings is 1. The van der Waals surface area contributed by atoms with Gasteiger partial charge in [0.25, 0.3) is 5.69 Å². The third-order valence-corrected chi connectivity index (χ3v) is 3.46. The molecule has 6 nitrogen and oxygen atoms in total. The fourth-order valence-corrected chi connectivity index (χ4v) is 2.19. The highest BCUT2D eigenvalue weighted by Gasteiger charge is 2.06. The maximum atomic E-state index is 11.6. The molecule has 2 rings (SSSR count). The number of hydrogen-bond acceptors (Lipinski definition) is 6. The van der Waals surface area contributed by atoms with Crippen molar-refractivity contribution in [2.24, 2.45) is 0 Å². The molecule has 0 fully saturated rings. The van der Waals surface area contributed by atoms with E-state index >= 15 is 0 Å². The van der Waals surface area contributed by atoms with E-state index in [1.54, 1.807) is 19.3 Å². The molecule has 0 aliphatic carbocycles. The summed E-state index contributed by atoms with van der Waals surface area (Å²) < 4.78 is 10.1. The van der Waals surface area contributed by atoms with E-state index in [4.69, 9.17) is 9.47 Å². The van der Waals surface area contributed by atoms with E-state index in [1.807, 2.05) is 6.07 Å². The molecule has 7 heteroatoms. The van der Waals surface area contributed by atoms with Crippen LogP contribution < -0.4 is 9.47 Å². The van der Waals surface area contributed by atoms with Crippen LogP contribution in [0.4, 0.5) is 5.69 Å². The van der Waals surface area contributed by atoms with Gasteiger partial charge in [0.2, 0.25) is 0 Å². The van der Waals surface area contributed by atoms with Crippen molar-refractivity contribution in [1.29, 1.82) is 0 Å². The third-order valence-electron chi connectivity index (χ3n) is 2.45. The van der Waals surface area contributed by atoms with E-state index in [2.05, 4.69) is 0 Å². The highest BCUT2D eigenvalue weighted by Crippen LogP contribution is 2.24. The molecule has 0 atom stereocenters. The molecule has 0 aliphatic rings. The van der Waals surface area contributed by atoms with Crippen molar-refractivity contribution in [3.05, 3.63) is 57.5 Å². The van der Waals surface area contributed by atoms with Gasteiger partial charge >= 0.3 is 5.97 Å². The molecule has 0 saturated carbocycles. The molecule has 1 heterocycles. The summed E-state index contributed by atoms with van der Waals surface area (Å²) >= 11 is 1.39. The number of rotatable bonds is 5. The maximum absolute atomic E-state index is 11.6. The van der Waals surface area contributed by atoms with Crippen molar-refractivity contribution in [2.75, 3.05) is 7.11 Å². The van der Waals surface area contributed by atoms with Crippen LogP contribution in [0.2, 0.25) is 0 Å². The molecule has 21 heavy (non-hydrogen) atoms. The lowest BCUT2D eigenvalue weighted by molar-refractivity contribution is -0.384. The lowest BCUT2D eigenvalue weighted by Crippen LogP contribution is -2.03. The van der Waals surface area contributed by atoms with E-state index < -0.39 is 10.9 Å². The Kier molecular flexibility index (Phi) is 4.68. The fraction of sp³-hybridized carbons (Fsp3) is 0.0714. The predicted octanol–water partition coefficient (Wildman–Crippen LogP) is 3.28. The van der Waals surface area contributed by atoms with E-state index in [1.165, 1.54) is 41.7 Å². The number of hydrogen-bond donors (Lipinski definition) is 0. The largest absolute Gasteiger partial charge is 0.487 e. The second kappa shape index (κ2) is 6.67. The Morgan fingerprint density at radius 2 is 1.95 bits per heavy atom. The van der Waals surface area contributed by atoms with Gasteiger partial charge in [0.15, 0.2) is 5.06 Å². The van der Waals surface area contributed by atoms with Gasteiger partial charge in [0, 0.05) is 23.1 Å². The average molecular weight is 305 g/mol. The number of non-ortho nitro benzene ring substituents is 1. The monoisotopic (exact) mass is 305 g/mol. The number of carbonyl (C=O) groups excluding carboxylic acids is 1. The highest BCUT2D eigenvalue weighted by molar-refractivity contribution is 7.14. The Balaban J connectivity index is 1.96. The Labute approximate surface area is 124 Å². The van der Waals surface area contributed by atoms with Crippen LogP contribution in [0.3, 0.4) is 0 Å². The van der Waals surface area contributed by atoms with Gasteiger partial charge < -0.3 is 9.47 Å². The smallest absolute Gasteiger partial charge is 0.336 e. The first-order chi connectivity index (χ1) is 10.1. The molecule has 2 aromatic rings. The molecular formula is C14H11NO5S. The SMILES string of the molecule is COc1ccc(/C=C/C(=O)Oc2ccc([N+](=O)[O-])cc2)s1. The minimum atomic E-state index is -0.559. The molecule has 0 N–H and O–H groups in total. The van der Waals surface area contributed by atoms with Crippen molar-refractivity contribution in [3.8, 4) is 10.8 Å². The number of carbonyl (C=O) groups is 1. The van der Waals surface area contributed by atoms with Crippen molar-refractivity contribution in [3.63, 3.8) is 0 Å². The van der Waals surface area contributed by atoms with Gasteiger partial charge in [0.1, 0.15) is 5.75 Å². The zero-order valence-corrected chi connectivity index (χ0v) is 11.8. The summed E-state index contributed by atoms with van der Waals surface area (Å²) in [6.45, 7) is 0. The molecule has 0 unspecified atom stereocenters. The summed E-state index contributed by atoms with van der Waals surface area (Å²) in [5, 5.41) is 11.2. The molecule has 0 bridgehead atoms. The summed E-state index contributed by atoms with van der Waals surface area (Å²) in [7, 11) is 1.57. The summed E-state index contributed by atoms with van der Waals surface area (Å²) in [4.78, 5) is 22.4. The number of methoxy groups -OCH3 is 1. The van der Waals surface area contributed by atoms with Crippen LogP contribution in [-0.2, 0) is 4.79 Å². The Hall–Kier alpha value is -2.67. The molecule has 0 amide bonds. The molecule has 0 aliphatic heterocycles. The standard InChI is InChI=1S/C14H11NO5S/c1-19-14-9-7-12(21-14)6-8-13(16)20-11-4-2-10(3-5-11)15(17)18/h2-9H,1H3/b8-6+. The lowest BCUT2D eigenvalue weighted by Gasteiger charge is -2.00. The first-order valence-electron chi connectivity index (χ1n) is 5.86. The second-order valence-electron chi connectivity index (χ2n) is 3.87. The molecule has 1 aromatic heterocycles. The topological polar surface area (TPSA) is 78.7 Å². The van der Waals surface area contributed by atoms with E-state index in [9.17, 15) is 14.9 Å². The fourth-order valence-electron chi connectivity index (χ4n) is 1.47. The molecule has 108 valence electrons. The quantitative estimate of drug-likeness (QED) is 0.278. The van der Waals surface area contributed by atoms with Gasteiger partial charge in [-0.1, -0.05) is 11.3 Å². The van der Waals surface area contributed by atoms with Crippen LogP contribution in [0.25, 0.3) is 6.08 Å². The van der Waals surface area contributed by atoms with E-state index in [0.717, 1.165) is 9.94 Å². The van der Waals surface area contributed by atoms with Crippen LogP contribution in [0.5, 0.6) is 10.8 Å².